The Hall–Kier alpha value is -0.910. The van der Waals surface area contributed by atoms with E-state index in [0.717, 1.165) is 19.3 Å². The van der Waals surface area contributed by atoms with E-state index < -0.39 is 12.3 Å². The fourth-order valence-electron chi connectivity index (χ4n) is 2.12. The van der Waals surface area contributed by atoms with Crippen LogP contribution in [0.5, 0.6) is 0 Å². The van der Waals surface area contributed by atoms with Gasteiger partial charge in [-0.2, -0.15) is 0 Å². The Morgan fingerprint density at radius 3 is 1.67 bits per heavy atom. The van der Waals surface area contributed by atoms with Crippen molar-refractivity contribution < 1.29 is 24.9 Å². The molecule has 0 saturated heterocycles. The Labute approximate surface area is 147 Å². The molecule has 0 aromatic heterocycles. The monoisotopic (exact) mass is 346 g/mol. The molecule has 0 aliphatic rings. The van der Waals surface area contributed by atoms with Crippen molar-refractivity contribution in [2.24, 2.45) is 0 Å². The number of rotatable bonds is 15. The standard InChI is InChI=1S/C15H32O3.C4H6O2/c1-2-18-15(17)13-11-9-7-5-3-4-6-8-10-12-14-16;1-3(2)4(5)6/h15-17H,2-14H2,1H3;1H2,2H3,(H,5,6). The lowest BCUT2D eigenvalue weighted by molar-refractivity contribution is -0.132. The lowest BCUT2D eigenvalue weighted by Crippen LogP contribution is -2.10. The maximum atomic E-state index is 9.60. The van der Waals surface area contributed by atoms with Crippen molar-refractivity contribution in [2.75, 3.05) is 13.2 Å². The Morgan fingerprint density at radius 1 is 0.958 bits per heavy atom. The normalized spacial score (nSPS) is 11.5. The maximum absolute atomic E-state index is 9.60. The number of aliphatic hydroxyl groups excluding tert-OH is 2. The molecule has 0 bridgehead atoms. The lowest BCUT2D eigenvalue weighted by atomic mass is 10.1. The van der Waals surface area contributed by atoms with Crippen LogP contribution < -0.4 is 0 Å². The molecule has 1 unspecified atom stereocenters. The topological polar surface area (TPSA) is 87.0 Å². The zero-order valence-corrected chi connectivity index (χ0v) is 15.6. The summed E-state index contributed by atoms with van der Waals surface area (Å²) in [6, 6.07) is 0. The van der Waals surface area contributed by atoms with E-state index in [0.29, 0.717) is 13.2 Å². The van der Waals surface area contributed by atoms with Crippen molar-refractivity contribution in [3.63, 3.8) is 0 Å². The van der Waals surface area contributed by atoms with Crippen molar-refractivity contribution >= 4 is 5.97 Å². The predicted octanol–water partition coefficient (Wildman–Crippen LogP) is 4.27. The number of hydrogen-bond donors (Lipinski definition) is 3. The Morgan fingerprint density at radius 2 is 1.33 bits per heavy atom. The number of aliphatic hydroxyl groups is 2. The summed E-state index contributed by atoms with van der Waals surface area (Å²) in [6.45, 7) is 7.44. The van der Waals surface area contributed by atoms with Crippen LogP contribution in [0.4, 0.5) is 0 Å². The number of unbranched alkanes of at least 4 members (excludes halogenated alkanes) is 9. The molecular formula is C19H38O5. The second-order valence-corrected chi connectivity index (χ2v) is 6.04. The highest BCUT2D eigenvalue weighted by molar-refractivity contribution is 5.84. The number of carboxylic acids is 1. The highest BCUT2D eigenvalue weighted by Crippen LogP contribution is 2.12. The molecule has 0 saturated carbocycles. The molecule has 144 valence electrons. The number of carbonyl (C=O) groups is 1. The van der Waals surface area contributed by atoms with Gasteiger partial charge in [0, 0.05) is 18.8 Å². The molecule has 5 nitrogen and oxygen atoms in total. The molecule has 0 spiro atoms. The summed E-state index contributed by atoms with van der Waals surface area (Å²) < 4.78 is 5.07. The van der Waals surface area contributed by atoms with Crippen LogP contribution in [0.3, 0.4) is 0 Å². The van der Waals surface area contributed by atoms with E-state index in [4.69, 9.17) is 14.9 Å². The minimum atomic E-state index is -0.935. The van der Waals surface area contributed by atoms with Gasteiger partial charge < -0.3 is 20.1 Å². The summed E-state index contributed by atoms with van der Waals surface area (Å²) in [7, 11) is 0. The SMILES string of the molecule is C=C(C)C(=O)O.CCOC(O)CCCCCCCCCCCCO. The van der Waals surface area contributed by atoms with Gasteiger partial charge in [0.25, 0.3) is 0 Å². The van der Waals surface area contributed by atoms with Crippen molar-refractivity contribution in [2.45, 2.75) is 90.8 Å². The molecule has 0 heterocycles. The van der Waals surface area contributed by atoms with Crippen LogP contribution in [0, 0.1) is 0 Å². The second kappa shape index (κ2) is 20.1. The third-order valence-corrected chi connectivity index (χ3v) is 3.58. The number of ether oxygens (including phenoxy) is 1. The van der Waals surface area contributed by atoms with Gasteiger partial charge in [0.2, 0.25) is 0 Å². The number of hydrogen-bond acceptors (Lipinski definition) is 4. The third-order valence-electron chi connectivity index (χ3n) is 3.58. The fourth-order valence-corrected chi connectivity index (χ4v) is 2.12. The van der Waals surface area contributed by atoms with E-state index in [9.17, 15) is 9.90 Å². The maximum Gasteiger partial charge on any atom is 0.330 e. The van der Waals surface area contributed by atoms with Gasteiger partial charge in [0.15, 0.2) is 6.29 Å². The van der Waals surface area contributed by atoms with Crippen molar-refractivity contribution in [1.82, 2.24) is 0 Å². The molecule has 0 rings (SSSR count). The van der Waals surface area contributed by atoms with E-state index in [2.05, 4.69) is 6.58 Å². The molecule has 0 aromatic carbocycles. The van der Waals surface area contributed by atoms with Crippen LogP contribution in [0.1, 0.15) is 84.5 Å². The summed E-state index contributed by atoms with van der Waals surface area (Å²) >= 11 is 0. The Balaban J connectivity index is 0. The molecular weight excluding hydrogens is 308 g/mol. The molecule has 0 fully saturated rings. The van der Waals surface area contributed by atoms with Crippen LogP contribution in [0.25, 0.3) is 0 Å². The summed E-state index contributed by atoms with van der Waals surface area (Å²) in [5, 5.41) is 25.9. The van der Waals surface area contributed by atoms with Crippen LogP contribution in [0.2, 0.25) is 0 Å². The minimum Gasteiger partial charge on any atom is -0.478 e. The van der Waals surface area contributed by atoms with Crippen LogP contribution in [-0.2, 0) is 9.53 Å². The fraction of sp³-hybridized carbons (Fsp3) is 0.842. The molecule has 0 radical (unpaired) electrons. The van der Waals surface area contributed by atoms with Crippen molar-refractivity contribution in [1.29, 1.82) is 0 Å². The van der Waals surface area contributed by atoms with Crippen LogP contribution >= 0.6 is 0 Å². The molecule has 3 N–H and O–H groups in total. The first kappa shape index (κ1) is 25.3. The second-order valence-electron chi connectivity index (χ2n) is 6.04. The quantitative estimate of drug-likeness (QED) is 0.234. The van der Waals surface area contributed by atoms with Crippen LogP contribution in [-0.4, -0.2) is 40.8 Å². The largest absolute Gasteiger partial charge is 0.478 e. The van der Waals surface area contributed by atoms with Crippen molar-refractivity contribution in [3.05, 3.63) is 12.2 Å². The van der Waals surface area contributed by atoms with Gasteiger partial charge in [-0.3, -0.25) is 0 Å². The van der Waals surface area contributed by atoms with Gasteiger partial charge in [-0.1, -0.05) is 57.9 Å². The summed E-state index contributed by atoms with van der Waals surface area (Å²) in [4.78, 5) is 9.60. The smallest absolute Gasteiger partial charge is 0.330 e. The van der Waals surface area contributed by atoms with E-state index in [1.165, 1.54) is 58.3 Å². The average Bonchev–Trinajstić information content (AvgIpc) is 2.53. The first-order chi connectivity index (χ1) is 11.5. The predicted molar refractivity (Wildman–Crippen MR) is 98.0 cm³/mol. The zero-order chi connectivity index (χ0) is 18.6. The van der Waals surface area contributed by atoms with E-state index in [1.54, 1.807) is 0 Å². The molecule has 0 aromatic rings. The van der Waals surface area contributed by atoms with Gasteiger partial charge >= 0.3 is 5.97 Å². The van der Waals surface area contributed by atoms with Gasteiger partial charge in [-0.05, 0) is 33.1 Å². The highest BCUT2D eigenvalue weighted by atomic mass is 16.6. The third kappa shape index (κ3) is 23.4. The molecule has 24 heavy (non-hydrogen) atoms. The minimum absolute atomic E-state index is 0.176. The van der Waals surface area contributed by atoms with Crippen molar-refractivity contribution in [3.8, 4) is 0 Å². The summed E-state index contributed by atoms with van der Waals surface area (Å²) in [5.41, 5.74) is 0.176. The summed E-state index contributed by atoms with van der Waals surface area (Å²) in [5.74, 6) is -0.935. The van der Waals surface area contributed by atoms with E-state index >= 15 is 0 Å². The zero-order valence-electron chi connectivity index (χ0n) is 15.6. The Kier molecular flexibility index (Phi) is 21.3. The lowest BCUT2D eigenvalue weighted by Gasteiger charge is -2.09. The van der Waals surface area contributed by atoms with E-state index in [-0.39, 0.29) is 5.57 Å². The number of aliphatic carboxylic acids is 1. The van der Waals surface area contributed by atoms with Gasteiger partial charge in [0.1, 0.15) is 0 Å². The summed E-state index contributed by atoms with van der Waals surface area (Å²) in [6.07, 6.45) is 12.4. The highest BCUT2D eigenvalue weighted by Gasteiger charge is 2.01. The Bertz CT molecular complexity index is 279. The van der Waals surface area contributed by atoms with Gasteiger partial charge in [-0.15, -0.1) is 0 Å². The van der Waals surface area contributed by atoms with E-state index in [1.807, 2.05) is 6.92 Å². The molecule has 5 heteroatoms. The first-order valence-corrected chi connectivity index (χ1v) is 9.25. The molecule has 0 aliphatic carbocycles. The molecule has 1 atom stereocenters. The number of carboxylic acid groups (broad SMARTS) is 1. The van der Waals surface area contributed by atoms with Gasteiger partial charge in [0.05, 0.1) is 0 Å². The van der Waals surface area contributed by atoms with Crippen LogP contribution in [0.15, 0.2) is 12.2 Å². The average molecular weight is 347 g/mol. The first-order valence-electron chi connectivity index (χ1n) is 9.25. The molecule has 0 amide bonds. The molecule has 0 aliphatic heterocycles. The van der Waals surface area contributed by atoms with Gasteiger partial charge in [-0.25, -0.2) is 4.79 Å².